The van der Waals surface area contributed by atoms with Crippen LogP contribution in [0.2, 0.25) is 0 Å². The van der Waals surface area contributed by atoms with Gasteiger partial charge in [0, 0.05) is 51.2 Å². The molecule has 3 amide bonds. The van der Waals surface area contributed by atoms with Crippen LogP contribution in [-0.2, 0) is 9.59 Å². The fourth-order valence-electron chi connectivity index (χ4n) is 5.39. The number of nitrogens with zero attached hydrogens (tertiary/aromatic N) is 4. The molecule has 10 heteroatoms. The second-order valence-corrected chi connectivity index (χ2v) is 10.3. The van der Waals surface area contributed by atoms with Crippen molar-refractivity contribution in [2.24, 2.45) is 5.73 Å². The molecular weight excluding hydrogens is 486 g/mol. The van der Waals surface area contributed by atoms with Crippen LogP contribution >= 0.6 is 0 Å². The van der Waals surface area contributed by atoms with Crippen LogP contribution in [0, 0.1) is 23.7 Å². The Morgan fingerprint density at radius 3 is 2.18 bits per heavy atom. The van der Waals surface area contributed by atoms with Crippen molar-refractivity contribution in [1.82, 2.24) is 19.4 Å². The number of amides is 3. The molecule has 1 aromatic heterocycles. The van der Waals surface area contributed by atoms with Crippen LogP contribution in [0.1, 0.15) is 52.6 Å². The maximum atomic E-state index is 12.4. The summed E-state index contributed by atoms with van der Waals surface area (Å²) in [6, 6.07) is 5.40. The van der Waals surface area contributed by atoms with E-state index in [0.717, 1.165) is 11.1 Å². The van der Waals surface area contributed by atoms with E-state index in [9.17, 15) is 24.6 Å². The van der Waals surface area contributed by atoms with Gasteiger partial charge in [0.15, 0.2) is 5.69 Å². The first-order valence-electron chi connectivity index (χ1n) is 12.3. The first kappa shape index (κ1) is 24.0. The monoisotopic (exact) mass is 511 g/mol. The Morgan fingerprint density at radius 1 is 1.03 bits per heavy atom. The summed E-state index contributed by atoms with van der Waals surface area (Å²) in [5, 5.41) is 21.5. The van der Waals surface area contributed by atoms with E-state index < -0.39 is 28.9 Å². The first-order chi connectivity index (χ1) is 18.0. The van der Waals surface area contributed by atoms with Crippen molar-refractivity contribution in [2.75, 3.05) is 27.2 Å². The van der Waals surface area contributed by atoms with Crippen molar-refractivity contribution in [3.05, 3.63) is 46.8 Å². The molecule has 1 aliphatic carbocycles. The predicted octanol–water partition coefficient (Wildman–Crippen LogP) is -0.120. The van der Waals surface area contributed by atoms with E-state index in [1.165, 1.54) is 9.80 Å². The minimum absolute atomic E-state index is 0.0463. The van der Waals surface area contributed by atoms with Gasteiger partial charge in [0.25, 0.3) is 17.7 Å². The zero-order chi connectivity index (χ0) is 27.0. The van der Waals surface area contributed by atoms with Crippen LogP contribution in [0.25, 0.3) is 17.0 Å². The molecule has 10 nitrogen and oxygen atoms in total. The summed E-state index contributed by atoms with van der Waals surface area (Å²) in [4.78, 5) is 44.6. The number of primary amides is 1. The van der Waals surface area contributed by atoms with Gasteiger partial charge in [0.1, 0.15) is 11.5 Å². The van der Waals surface area contributed by atoms with Gasteiger partial charge in [-0.2, -0.15) is 0 Å². The highest BCUT2D eigenvalue weighted by Crippen LogP contribution is 2.47. The third kappa shape index (κ3) is 3.46. The Kier molecular flexibility index (Phi) is 5.09. The summed E-state index contributed by atoms with van der Waals surface area (Å²) in [5.74, 6) is 9.98. The molecule has 192 valence electrons. The summed E-state index contributed by atoms with van der Waals surface area (Å²) in [6.07, 6.45) is 3.12. The molecule has 2 saturated heterocycles. The number of likely N-dealkylation sites (N-methyl/N-ethyl adjacent to an activating group) is 2. The minimum Gasteiger partial charge on any atom is -0.369 e. The fourth-order valence-corrected chi connectivity index (χ4v) is 5.39. The maximum absolute atomic E-state index is 12.4. The number of hydrogen-bond donors (Lipinski definition) is 3. The molecule has 3 unspecified atom stereocenters. The first-order valence-corrected chi connectivity index (χ1v) is 12.3. The van der Waals surface area contributed by atoms with E-state index in [0.29, 0.717) is 36.5 Å². The van der Waals surface area contributed by atoms with Crippen molar-refractivity contribution in [3.63, 3.8) is 0 Å². The number of aliphatic hydroxyl groups is 2. The van der Waals surface area contributed by atoms with Gasteiger partial charge in [-0.15, -0.1) is 0 Å². The third-order valence-corrected chi connectivity index (χ3v) is 7.73. The molecule has 4 aliphatic heterocycles. The lowest BCUT2D eigenvalue weighted by Gasteiger charge is -2.25. The van der Waals surface area contributed by atoms with Gasteiger partial charge >= 0.3 is 0 Å². The summed E-state index contributed by atoms with van der Waals surface area (Å²) < 4.78 is 1.81. The van der Waals surface area contributed by atoms with Crippen molar-refractivity contribution < 1.29 is 24.6 Å². The smallest absolute Gasteiger partial charge is 0.270 e. The molecule has 2 bridgehead atoms. The van der Waals surface area contributed by atoms with Crippen molar-refractivity contribution in [2.45, 2.75) is 36.5 Å². The second kappa shape index (κ2) is 8.06. The molecule has 0 spiro atoms. The summed E-state index contributed by atoms with van der Waals surface area (Å²) in [5.41, 5.74) is 5.60. The van der Waals surface area contributed by atoms with E-state index in [1.54, 1.807) is 20.2 Å². The van der Waals surface area contributed by atoms with Gasteiger partial charge in [-0.1, -0.05) is 29.9 Å². The van der Waals surface area contributed by atoms with Gasteiger partial charge in [0.05, 0.1) is 6.04 Å². The van der Waals surface area contributed by atoms with Gasteiger partial charge < -0.3 is 30.3 Å². The molecule has 7 rings (SSSR count). The van der Waals surface area contributed by atoms with Gasteiger partial charge in [-0.05, 0) is 35.6 Å². The lowest BCUT2D eigenvalue weighted by Crippen LogP contribution is -2.37. The Labute approximate surface area is 218 Å². The topological polar surface area (TPSA) is 142 Å². The molecular formula is C28H25N5O5. The number of imidazole rings is 1. The number of nitrogens with two attached hydrogens (primary N) is 1. The summed E-state index contributed by atoms with van der Waals surface area (Å²) >= 11 is 0. The largest absolute Gasteiger partial charge is 0.369 e. The lowest BCUT2D eigenvalue weighted by atomic mass is 9.86. The quantitative estimate of drug-likeness (QED) is 0.456. The molecule has 5 heterocycles. The molecule has 4 N–H and O–H groups in total. The van der Waals surface area contributed by atoms with E-state index in [1.807, 2.05) is 16.7 Å². The normalized spacial score (nSPS) is 26.8. The average Bonchev–Trinajstić information content (AvgIpc) is 3.39. The zero-order valence-corrected chi connectivity index (χ0v) is 20.9. The number of likely N-dealkylation sites (tertiary alicyclic amines) is 2. The highest BCUT2D eigenvalue weighted by molar-refractivity contribution is 5.96. The maximum Gasteiger partial charge on any atom is 0.270 e. The Balaban J connectivity index is 1.47. The number of carbonyl (C=O) groups is 3. The average molecular weight is 512 g/mol. The fraction of sp³-hybridized carbons (Fsp3) is 0.357. The molecule has 2 aromatic rings. The third-order valence-electron chi connectivity index (χ3n) is 7.73. The van der Waals surface area contributed by atoms with Gasteiger partial charge in [-0.3, -0.25) is 14.4 Å². The Hall–Kier alpha value is -4.38. The number of aromatic nitrogens is 2. The number of rotatable bonds is 1. The lowest BCUT2D eigenvalue weighted by molar-refractivity contribution is -0.138. The van der Waals surface area contributed by atoms with Crippen LogP contribution in [0.5, 0.6) is 0 Å². The number of allylic oxidation sites excluding steroid dienone is 2. The summed E-state index contributed by atoms with van der Waals surface area (Å²) in [7, 11) is 3.22. The van der Waals surface area contributed by atoms with Crippen LogP contribution in [0.4, 0.5) is 0 Å². The van der Waals surface area contributed by atoms with Gasteiger partial charge in [-0.25, -0.2) is 4.98 Å². The standard InChI is InChI=1S/C28H25N5O5/c1-31-11-9-27(37,25(31)35)7-5-16-3-4-19-17-14-18(15-17)33-21(6-8-28(38)10-12-32(2)26(28)36)22(23(29)34)30-24(33)20(19)13-16/h3-4,13-14,18,37-38H,9-12,15H2,1-2H3,(H2,29,34). The van der Waals surface area contributed by atoms with Crippen molar-refractivity contribution in [1.29, 1.82) is 0 Å². The zero-order valence-electron chi connectivity index (χ0n) is 20.9. The molecule has 1 aromatic carbocycles. The van der Waals surface area contributed by atoms with Crippen LogP contribution in [0.15, 0.2) is 24.3 Å². The highest BCUT2D eigenvalue weighted by atomic mass is 16.3. The molecule has 2 fully saturated rings. The predicted molar refractivity (Wildman–Crippen MR) is 136 cm³/mol. The second-order valence-electron chi connectivity index (χ2n) is 10.3. The number of carbonyl (C=O) groups excluding carboxylic acids is 3. The minimum atomic E-state index is -1.84. The molecule has 3 atom stereocenters. The Morgan fingerprint density at radius 2 is 1.63 bits per heavy atom. The highest BCUT2D eigenvalue weighted by Gasteiger charge is 2.43. The Bertz CT molecular complexity index is 1620. The van der Waals surface area contributed by atoms with E-state index in [4.69, 9.17) is 5.73 Å². The number of hydrogen-bond acceptors (Lipinski definition) is 6. The van der Waals surface area contributed by atoms with Crippen molar-refractivity contribution in [3.8, 4) is 35.1 Å². The molecule has 0 saturated carbocycles. The number of benzene rings is 1. The van der Waals surface area contributed by atoms with Crippen molar-refractivity contribution >= 4 is 23.3 Å². The SMILES string of the molecule is CN1CCC(O)(C#Cc2ccc3c(c2)-c2nc(C(N)=O)c(C#CC4(O)CCN(C)C4=O)n2C2C=C3C2)C1=O. The molecule has 38 heavy (non-hydrogen) atoms. The molecule has 0 radical (unpaired) electrons. The van der Waals surface area contributed by atoms with Crippen LogP contribution in [-0.4, -0.2) is 85.7 Å². The van der Waals surface area contributed by atoms with E-state index >= 15 is 0 Å². The van der Waals surface area contributed by atoms with E-state index in [-0.39, 0.29) is 30.3 Å². The van der Waals surface area contributed by atoms with Crippen LogP contribution in [0.3, 0.4) is 0 Å². The van der Waals surface area contributed by atoms with E-state index in [2.05, 4.69) is 34.7 Å². The van der Waals surface area contributed by atoms with Gasteiger partial charge in [0.2, 0.25) is 11.2 Å². The van der Waals surface area contributed by atoms with Crippen LogP contribution < -0.4 is 5.73 Å². The molecule has 5 aliphatic rings. The summed E-state index contributed by atoms with van der Waals surface area (Å²) in [6.45, 7) is 0.804.